The van der Waals surface area contributed by atoms with E-state index in [0.29, 0.717) is 12.5 Å². The second-order valence-corrected chi connectivity index (χ2v) is 4.51. The fourth-order valence-electron chi connectivity index (χ4n) is 1.67. The van der Waals surface area contributed by atoms with Crippen LogP contribution in [0.2, 0.25) is 0 Å². The topological polar surface area (TPSA) is 98.7 Å². The molecular weight excluding hydrogens is 238 g/mol. The number of urea groups is 1. The van der Waals surface area contributed by atoms with Crippen molar-refractivity contribution >= 4 is 17.9 Å². The van der Waals surface area contributed by atoms with E-state index in [1.54, 1.807) is 11.9 Å². The lowest BCUT2D eigenvalue weighted by Gasteiger charge is -2.30. The lowest BCUT2D eigenvalue weighted by Crippen LogP contribution is -2.45. The van der Waals surface area contributed by atoms with E-state index < -0.39 is 18.4 Å². The Labute approximate surface area is 106 Å². The van der Waals surface area contributed by atoms with Crippen LogP contribution in [-0.4, -0.2) is 54.6 Å². The fraction of sp³-hybridized carbons (Fsp3) is 0.727. The molecule has 0 aliphatic heterocycles. The SMILES string of the molecule is CN(CC1CCC1)C(=O)NCC(=O)NCC(=O)O. The number of hydrogen-bond donors (Lipinski definition) is 3. The van der Waals surface area contributed by atoms with Gasteiger partial charge in [-0.05, 0) is 18.8 Å². The zero-order valence-corrected chi connectivity index (χ0v) is 10.4. The van der Waals surface area contributed by atoms with Crippen LogP contribution in [0.25, 0.3) is 0 Å². The maximum absolute atomic E-state index is 11.6. The summed E-state index contributed by atoms with van der Waals surface area (Å²) < 4.78 is 0. The molecule has 7 nitrogen and oxygen atoms in total. The highest BCUT2D eigenvalue weighted by Crippen LogP contribution is 2.26. The van der Waals surface area contributed by atoms with E-state index in [9.17, 15) is 14.4 Å². The molecule has 0 spiro atoms. The Bertz CT molecular complexity index is 328. The molecule has 18 heavy (non-hydrogen) atoms. The lowest BCUT2D eigenvalue weighted by atomic mass is 9.85. The number of amides is 3. The maximum Gasteiger partial charge on any atom is 0.322 e. The van der Waals surface area contributed by atoms with E-state index in [2.05, 4.69) is 10.6 Å². The van der Waals surface area contributed by atoms with Crippen LogP contribution in [0.15, 0.2) is 0 Å². The number of carboxylic acids is 1. The highest BCUT2D eigenvalue weighted by atomic mass is 16.4. The molecule has 0 bridgehead atoms. The maximum atomic E-state index is 11.6. The Morgan fingerprint density at radius 2 is 1.89 bits per heavy atom. The van der Waals surface area contributed by atoms with Crippen LogP contribution in [0.5, 0.6) is 0 Å². The first-order chi connectivity index (χ1) is 8.49. The summed E-state index contributed by atoms with van der Waals surface area (Å²) >= 11 is 0. The zero-order chi connectivity index (χ0) is 13.5. The van der Waals surface area contributed by atoms with Gasteiger partial charge in [0, 0.05) is 13.6 Å². The number of carbonyl (C=O) groups excluding carboxylic acids is 2. The molecule has 0 heterocycles. The number of nitrogens with zero attached hydrogens (tertiary/aromatic N) is 1. The number of carboxylic acid groups (broad SMARTS) is 1. The van der Waals surface area contributed by atoms with E-state index in [-0.39, 0.29) is 12.6 Å². The van der Waals surface area contributed by atoms with Crippen LogP contribution in [0.3, 0.4) is 0 Å². The molecule has 0 aromatic heterocycles. The van der Waals surface area contributed by atoms with Crippen molar-refractivity contribution in [2.75, 3.05) is 26.7 Å². The highest BCUT2D eigenvalue weighted by Gasteiger charge is 2.21. The van der Waals surface area contributed by atoms with Crippen molar-refractivity contribution in [1.82, 2.24) is 15.5 Å². The monoisotopic (exact) mass is 257 g/mol. The average molecular weight is 257 g/mol. The van der Waals surface area contributed by atoms with Crippen molar-refractivity contribution in [1.29, 1.82) is 0 Å². The van der Waals surface area contributed by atoms with E-state index in [4.69, 9.17) is 5.11 Å². The van der Waals surface area contributed by atoms with Crippen molar-refractivity contribution < 1.29 is 19.5 Å². The van der Waals surface area contributed by atoms with Gasteiger partial charge in [-0.3, -0.25) is 9.59 Å². The number of rotatable bonds is 6. The van der Waals surface area contributed by atoms with Gasteiger partial charge in [-0.2, -0.15) is 0 Å². The molecule has 0 aromatic rings. The molecule has 0 aromatic carbocycles. The molecule has 0 saturated heterocycles. The number of aliphatic carboxylic acids is 1. The van der Waals surface area contributed by atoms with Crippen molar-refractivity contribution in [3.63, 3.8) is 0 Å². The summed E-state index contributed by atoms with van der Waals surface area (Å²) in [6.07, 6.45) is 3.52. The van der Waals surface area contributed by atoms with Gasteiger partial charge in [0.1, 0.15) is 6.54 Å². The minimum atomic E-state index is -1.11. The molecule has 0 unspecified atom stereocenters. The molecule has 1 saturated carbocycles. The Morgan fingerprint density at radius 1 is 1.22 bits per heavy atom. The quantitative estimate of drug-likeness (QED) is 0.604. The third-order valence-corrected chi connectivity index (χ3v) is 2.94. The summed E-state index contributed by atoms with van der Waals surface area (Å²) in [7, 11) is 1.68. The Morgan fingerprint density at radius 3 is 2.39 bits per heavy atom. The summed E-state index contributed by atoms with van der Waals surface area (Å²) in [5.74, 6) is -1.05. The van der Waals surface area contributed by atoms with E-state index in [0.717, 1.165) is 12.8 Å². The minimum absolute atomic E-state index is 0.207. The molecule has 1 fully saturated rings. The molecule has 3 N–H and O–H groups in total. The molecule has 1 rings (SSSR count). The van der Waals surface area contributed by atoms with Crippen LogP contribution in [0.4, 0.5) is 4.79 Å². The standard InChI is InChI=1S/C11H19N3O4/c1-14(7-8-3-2-4-8)11(18)13-5-9(15)12-6-10(16)17/h8H,2-7H2,1H3,(H,12,15)(H,13,18)(H,16,17). The van der Waals surface area contributed by atoms with Crippen molar-refractivity contribution in [3.8, 4) is 0 Å². The molecule has 7 heteroatoms. The molecule has 3 amide bonds. The molecule has 1 aliphatic carbocycles. The van der Waals surface area contributed by atoms with Gasteiger partial charge in [0.25, 0.3) is 0 Å². The van der Waals surface area contributed by atoms with Gasteiger partial charge in [0.2, 0.25) is 5.91 Å². The van der Waals surface area contributed by atoms with Crippen molar-refractivity contribution in [2.45, 2.75) is 19.3 Å². The van der Waals surface area contributed by atoms with Gasteiger partial charge >= 0.3 is 12.0 Å². The normalized spacial score (nSPS) is 14.5. The molecule has 0 atom stereocenters. The Balaban J connectivity index is 2.14. The number of carbonyl (C=O) groups is 3. The number of nitrogens with one attached hydrogen (secondary N) is 2. The molecular formula is C11H19N3O4. The highest BCUT2D eigenvalue weighted by molar-refractivity contribution is 5.86. The van der Waals surface area contributed by atoms with Crippen LogP contribution in [0, 0.1) is 5.92 Å². The molecule has 102 valence electrons. The first-order valence-electron chi connectivity index (χ1n) is 5.96. The van der Waals surface area contributed by atoms with E-state index in [1.807, 2.05) is 0 Å². The fourth-order valence-corrected chi connectivity index (χ4v) is 1.67. The second-order valence-electron chi connectivity index (χ2n) is 4.51. The third-order valence-electron chi connectivity index (χ3n) is 2.94. The Hall–Kier alpha value is -1.79. The van der Waals surface area contributed by atoms with Crippen LogP contribution >= 0.6 is 0 Å². The summed E-state index contributed by atoms with van der Waals surface area (Å²) in [6.45, 7) is 0.0519. The van der Waals surface area contributed by atoms with Gasteiger partial charge < -0.3 is 20.6 Å². The van der Waals surface area contributed by atoms with Crippen LogP contribution < -0.4 is 10.6 Å². The first kappa shape index (κ1) is 14.3. The van der Waals surface area contributed by atoms with Gasteiger partial charge in [-0.25, -0.2) is 4.79 Å². The zero-order valence-electron chi connectivity index (χ0n) is 10.4. The lowest BCUT2D eigenvalue weighted by molar-refractivity contribution is -0.137. The first-order valence-corrected chi connectivity index (χ1v) is 5.96. The summed E-state index contributed by atoms with van der Waals surface area (Å²) in [4.78, 5) is 34.5. The van der Waals surface area contributed by atoms with Crippen molar-refractivity contribution in [2.24, 2.45) is 5.92 Å². The van der Waals surface area contributed by atoms with Crippen molar-refractivity contribution in [3.05, 3.63) is 0 Å². The van der Waals surface area contributed by atoms with Gasteiger partial charge in [0.05, 0.1) is 6.54 Å². The summed E-state index contributed by atoms with van der Waals surface area (Å²) in [5, 5.41) is 13.0. The van der Waals surface area contributed by atoms with Gasteiger partial charge in [0.15, 0.2) is 0 Å². The summed E-state index contributed by atoms with van der Waals surface area (Å²) in [6, 6.07) is -0.313. The second kappa shape index (κ2) is 6.83. The van der Waals surface area contributed by atoms with Crippen LogP contribution in [0.1, 0.15) is 19.3 Å². The number of hydrogen-bond acceptors (Lipinski definition) is 3. The predicted octanol–water partition coefficient (Wildman–Crippen LogP) is -0.371. The smallest absolute Gasteiger partial charge is 0.322 e. The van der Waals surface area contributed by atoms with Gasteiger partial charge in [-0.1, -0.05) is 6.42 Å². The van der Waals surface area contributed by atoms with E-state index in [1.165, 1.54) is 6.42 Å². The third kappa shape index (κ3) is 5.03. The average Bonchev–Trinajstić information content (AvgIpc) is 2.27. The largest absolute Gasteiger partial charge is 0.480 e. The molecule has 1 aliphatic rings. The minimum Gasteiger partial charge on any atom is -0.480 e. The summed E-state index contributed by atoms with van der Waals surface area (Å²) in [5.41, 5.74) is 0. The van der Waals surface area contributed by atoms with Gasteiger partial charge in [-0.15, -0.1) is 0 Å². The van der Waals surface area contributed by atoms with E-state index >= 15 is 0 Å². The molecule has 0 radical (unpaired) electrons. The van der Waals surface area contributed by atoms with Crippen LogP contribution in [-0.2, 0) is 9.59 Å². The Kier molecular flexibility index (Phi) is 5.41. The predicted molar refractivity (Wildman–Crippen MR) is 64.0 cm³/mol.